The van der Waals surface area contributed by atoms with Crippen molar-refractivity contribution in [3.05, 3.63) is 99.0 Å². The predicted molar refractivity (Wildman–Crippen MR) is 150 cm³/mol. The lowest BCUT2D eigenvalue weighted by Gasteiger charge is -2.32. The first-order valence-corrected chi connectivity index (χ1v) is 13.2. The van der Waals surface area contributed by atoms with Crippen molar-refractivity contribution in [1.82, 2.24) is 10.2 Å². The Bertz CT molecular complexity index is 1220. The Hall–Kier alpha value is -3.02. The fourth-order valence-electron chi connectivity index (χ4n) is 3.93. The van der Waals surface area contributed by atoms with E-state index in [0.29, 0.717) is 27.8 Å². The maximum absolute atomic E-state index is 13.7. The molecule has 0 heterocycles. The van der Waals surface area contributed by atoms with Gasteiger partial charge in [0.2, 0.25) is 5.91 Å². The lowest BCUT2D eigenvalue weighted by atomic mass is 10.0. The molecule has 0 radical (unpaired) electrons. The summed E-state index contributed by atoms with van der Waals surface area (Å²) in [7, 11) is 0. The highest BCUT2D eigenvalue weighted by Crippen LogP contribution is 2.25. The highest BCUT2D eigenvalue weighted by molar-refractivity contribution is 6.35. The van der Waals surface area contributed by atoms with Crippen LogP contribution in [0.1, 0.15) is 42.5 Å². The van der Waals surface area contributed by atoms with E-state index in [1.54, 1.807) is 23.1 Å². The molecule has 0 unspecified atom stereocenters. The van der Waals surface area contributed by atoms with Gasteiger partial charge in [-0.3, -0.25) is 9.59 Å². The molecule has 196 valence electrons. The second kappa shape index (κ2) is 13.5. The van der Waals surface area contributed by atoms with Gasteiger partial charge in [-0.1, -0.05) is 78.7 Å². The average molecular weight is 542 g/mol. The van der Waals surface area contributed by atoms with E-state index in [1.165, 1.54) is 0 Å². The average Bonchev–Trinajstić information content (AvgIpc) is 2.88. The van der Waals surface area contributed by atoms with Crippen molar-refractivity contribution in [1.29, 1.82) is 0 Å². The summed E-state index contributed by atoms with van der Waals surface area (Å²) in [5.41, 5.74) is 3.69. The fourth-order valence-corrected chi connectivity index (χ4v) is 4.40. The molecule has 2 atom stereocenters. The van der Waals surface area contributed by atoms with Crippen LogP contribution in [0.3, 0.4) is 0 Å². The standard InChI is InChI=1S/C30H34Cl2N2O3/c1-5-21(3)33-30(36)27(16-23-11-7-6-8-12-23)34(18-24-14-15-25(31)17-26(24)32)29(35)19-37-28-13-9-10-20(2)22(28)4/h6-15,17,21,27H,5,16,18-19H2,1-4H3,(H,33,36)/t21-,27-/m0/s1. The van der Waals surface area contributed by atoms with E-state index < -0.39 is 6.04 Å². The number of ether oxygens (including phenoxy) is 1. The molecule has 3 aromatic rings. The summed E-state index contributed by atoms with van der Waals surface area (Å²) in [5.74, 6) is 0.108. The molecule has 0 fully saturated rings. The molecule has 0 bridgehead atoms. The second-order valence-electron chi connectivity index (χ2n) is 9.27. The molecule has 0 aliphatic heterocycles. The zero-order valence-electron chi connectivity index (χ0n) is 21.8. The summed E-state index contributed by atoms with van der Waals surface area (Å²) in [6.45, 7) is 7.83. The zero-order chi connectivity index (χ0) is 26.9. The van der Waals surface area contributed by atoms with E-state index in [2.05, 4.69) is 5.32 Å². The molecule has 3 rings (SSSR count). The Kier molecular flexibility index (Phi) is 10.4. The number of carbonyl (C=O) groups excluding carboxylic acids is 2. The smallest absolute Gasteiger partial charge is 0.261 e. The van der Waals surface area contributed by atoms with Crippen molar-refractivity contribution < 1.29 is 14.3 Å². The first-order valence-electron chi connectivity index (χ1n) is 12.5. The maximum Gasteiger partial charge on any atom is 0.261 e. The van der Waals surface area contributed by atoms with E-state index in [4.69, 9.17) is 27.9 Å². The van der Waals surface area contributed by atoms with Gasteiger partial charge in [-0.2, -0.15) is 0 Å². The minimum atomic E-state index is -0.766. The molecule has 0 saturated carbocycles. The molecule has 1 N–H and O–H groups in total. The van der Waals surface area contributed by atoms with Crippen LogP contribution in [0.4, 0.5) is 0 Å². The Labute approximate surface area is 229 Å². The summed E-state index contributed by atoms with van der Waals surface area (Å²) in [6, 6.07) is 19.7. The van der Waals surface area contributed by atoms with Crippen molar-refractivity contribution in [2.75, 3.05) is 6.61 Å². The number of nitrogens with one attached hydrogen (secondary N) is 1. The van der Waals surface area contributed by atoms with Gasteiger partial charge in [0.15, 0.2) is 6.61 Å². The van der Waals surface area contributed by atoms with Crippen molar-refractivity contribution in [2.24, 2.45) is 0 Å². The van der Waals surface area contributed by atoms with E-state index in [9.17, 15) is 9.59 Å². The number of nitrogens with zero attached hydrogens (tertiary/aromatic N) is 1. The van der Waals surface area contributed by atoms with Gasteiger partial charge in [0.1, 0.15) is 11.8 Å². The molecule has 0 saturated heterocycles. The molecular formula is C30H34Cl2N2O3. The molecule has 7 heteroatoms. The minimum Gasteiger partial charge on any atom is -0.483 e. The third-order valence-electron chi connectivity index (χ3n) is 6.53. The van der Waals surface area contributed by atoms with Gasteiger partial charge < -0.3 is 15.0 Å². The van der Waals surface area contributed by atoms with Crippen LogP contribution in [0, 0.1) is 13.8 Å². The molecule has 37 heavy (non-hydrogen) atoms. The van der Waals surface area contributed by atoms with E-state index in [-0.39, 0.29) is 31.0 Å². The third kappa shape index (κ3) is 7.98. The number of aryl methyl sites for hydroxylation is 1. The normalized spacial score (nSPS) is 12.5. The summed E-state index contributed by atoms with van der Waals surface area (Å²) in [4.78, 5) is 28.9. The van der Waals surface area contributed by atoms with Crippen LogP contribution in [-0.4, -0.2) is 35.4 Å². The van der Waals surface area contributed by atoms with Gasteiger partial charge in [0.05, 0.1) is 0 Å². The zero-order valence-corrected chi connectivity index (χ0v) is 23.3. The monoisotopic (exact) mass is 540 g/mol. The molecule has 0 spiro atoms. The largest absolute Gasteiger partial charge is 0.483 e. The molecule has 0 aliphatic rings. The van der Waals surface area contributed by atoms with Crippen LogP contribution in [0.2, 0.25) is 10.0 Å². The minimum absolute atomic E-state index is 0.0342. The number of carbonyl (C=O) groups is 2. The second-order valence-corrected chi connectivity index (χ2v) is 10.1. The summed E-state index contributed by atoms with van der Waals surface area (Å²) >= 11 is 12.6. The Balaban J connectivity index is 1.96. The third-order valence-corrected chi connectivity index (χ3v) is 7.12. The molecular weight excluding hydrogens is 507 g/mol. The van der Waals surface area contributed by atoms with Crippen LogP contribution >= 0.6 is 23.2 Å². The van der Waals surface area contributed by atoms with Gasteiger partial charge in [-0.15, -0.1) is 0 Å². The van der Waals surface area contributed by atoms with Gasteiger partial charge in [0.25, 0.3) is 5.91 Å². The quantitative estimate of drug-likeness (QED) is 0.300. The van der Waals surface area contributed by atoms with E-state index >= 15 is 0 Å². The Morgan fingerprint density at radius 1 is 1.00 bits per heavy atom. The molecule has 5 nitrogen and oxygen atoms in total. The first-order chi connectivity index (χ1) is 17.7. The molecule has 2 amide bonds. The van der Waals surface area contributed by atoms with Crippen molar-refractivity contribution in [2.45, 2.75) is 59.2 Å². The molecule has 0 aliphatic carbocycles. The van der Waals surface area contributed by atoms with Crippen LogP contribution in [-0.2, 0) is 22.6 Å². The summed E-state index contributed by atoms with van der Waals surface area (Å²) in [6.07, 6.45) is 1.13. The highest BCUT2D eigenvalue weighted by Gasteiger charge is 2.31. The number of rotatable bonds is 11. The molecule has 3 aromatic carbocycles. The van der Waals surface area contributed by atoms with Crippen molar-refractivity contribution >= 4 is 35.0 Å². The topological polar surface area (TPSA) is 58.6 Å². The van der Waals surface area contributed by atoms with Crippen LogP contribution in [0.25, 0.3) is 0 Å². The van der Waals surface area contributed by atoms with Gasteiger partial charge in [0, 0.05) is 29.1 Å². The van der Waals surface area contributed by atoms with Crippen molar-refractivity contribution in [3.8, 4) is 5.75 Å². The molecule has 0 aromatic heterocycles. The van der Waals surface area contributed by atoms with Gasteiger partial charge in [-0.05, 0) is 67.6 Å². The summed E-state index contributed by atoms with van der Waals surface area (Å²) in [5, 5.41) is 3.99. The van der Waals surface area contributed by atoms with Crippen molar-refractivity contribution in [3.63, 3.8) is 0 Å². The number of amides is 2. The lowest BCUT2D eigenvalue weighted by molar-refractivity contribution is -0.143. The number of hydrogen-bond acceptors (Lipinski definition) is 3. The van der Waals surface area contributed by atoms with Crippen LogP contribution in [0.5, 0.6) is 5.75 Å². The number of benzene rings is 3. The van der Waals surface area contributed by atoms with Gasteiger partial charge in [-0.25, -0.2) is 0 Å². The Morgan fingerprint density at radius 2 is 1.73 bits per heavy atom. The van der Waals surface area contributed by atoms with Gasteiger partial charge >= 0.3 is 0 Å². The first kappa shape index (κ1) is 28.5. The van der Waals surface area contributed by atoms with E-state index in [0.717, 1.165) is 23.1 Å². The maximum atomic E-state index is 13.7. The lowest BCUT2D eigenvalue weighted by Crippen LogP contribution is -2.53. The van der Waals surface area contributed by atoms with Crippen LogP contribution in [0.15, 0.2) is 66.7 Å². The van der Waals surface area contributed by atoms with E-state index in [1.807, 2.05) is 76.2 Å². The highest BCUT2D eigenvalue weighted by atomic mass is 35.5. The summed E-state index contributed by atoms with van der Waals surface area (Å²) < 4.78 is 5.95. The predicted octanol–water partition coefficient (Wildman–Crippen LogP) is 6.54. The Morgan fingerprint density at radius 3 is 2.41 bits per heavy atom. The number of halogens is 2. The SMILES string of the molecule is CC[C@H](C)NC(=O)[C@H](Cc1ccccc1)N(Cc1ccc(Cl)cc1Cl)C(=O)COc1cccc(C)c1C. The fraction of sp³-hybridized carbons (Fsp3) is 0.333. The number of hydrogen-bond donors (Lipinski definition) is 1. The van der Waals surface area contributed by atoms with Crippen LogP contribution < -0.4 is 10.1 Å².